The van der Waals surface area contributed by atoms with Crippen molar-refractivity contribution in [3.05, 3.63) is 16.5 Å². The van der Waals surface area contributed by atoms with Crippen LogP contribution in [-0.2, 0) is 12.8 Å². The van der Waals surface area contributed by atoms with Crippen molar-refractivity contribution in [2.75, 3.05) is 11.9 Å². The number of hydrogen-bond acceptors (Lipinski definition) is 3. The van der Waals surface area contributed by atoms with Crippen LogP contribution >= 0.6 is 11.6 Å². The van der Waals surface area contributed by atoms with Crippen molar-refractivity contribution in [2.24, 2.45) is 0 Å². The summed E-state index contributed by atoms with van der Waals surface area (Å²) in [7, 11) is 0. The van der Waals surface area contributed by atoms with Crippen LogP contribution in [0.5, 0.6) is 0 Å². The van der Waals surface area contributed by atoms with Gasteiger partial charge in [-0.3, -0.25) is 0 Å². The normalized spacial score (nSPS) is 15.3. The minimum atomic E-state index is 0.637. The topological polar surface area (TPSA) is 37.8 Å². The number of rotatable bonds is 2. The smallest absolute Gasteiger partial charge is 0.138 e. The molecule has 0 radical (unpaired) electrons. The Morgan fingerprint density at radius 2 is 2.20 bits per heavy atom. The van der Waals surface area contributed by atoms with E-state index in [1.165, 1.54) is 6.42 Å². The number of halogens is 1. The Balaban J connectivity index is 2.35. The van der Waals surface area contributed by atoms with Crippen molar-refractivity contribution in [1.29, 1.82) is 0 Å². The minimum absolute atomic E-state index is 0.637. The molecule has 82 valence electrons. The number of fused-ring (bicyclic) bond motifs is 1. The molecular weight excluding hydrogens is 210 g/mol. The van der Waals surface area contributed by atoms with Gasteiger partial charge in [0.05, 0.1) is 0 Å². The molecule has 1 aromatic rings. The number of anilines is 1. The number of aromatic nitrogens is 2. The Labute approximate surface area is 95.3 Å². The molecule has 0 bridgehead atoms. The molecule has 1 aliphatic heterocycles. The van der Waals surface area contributed by atoms with Crippen LogP contribution in [0.1, 0.15) is 37.6 Å². The molecular formula is C11H16ClN3. The quantitative estimate of drug-likeness (QED) is 0.787. The first-order chi connectivity index (χ1) is 7.31. The maximum Gasteiger partial charge on any atom is 0.138 e. The summed E-state index contributed by atoms with van der Waals surface area (Å²) in [6.07, 6.45) is 5.28. The third-order valence-corrected chi connectivity index (χ3v) is 2.94. The third kappa shape index (κ3) is 2.40. The second kappa shape index (κ2) is 4.79. The van der Waals surface area contributed by atoms with Gasteiger partial charge >= 0.3 is 0 Å². The average Bonchev–Trinajstić information content (AvgIpc) is 2.43. The van der Waals surface area contributed by atoms with Crippen molar-refractivity contribution < 1.29 is 0 Å². The SMILES string of the molecule is CCCc1nc(Cl)c2c(n1)NCCCC2. The van der Waals surface area contributed by atoms with Gasteiger partial charge in [-0.2, -0.15) is 0 Å². The molecule has 0 spiro atoms. The van der Waals surface area contributed by atoms with Crippen LogP contribution in [0.15, 0.2) is 0 Å². The average molecular weight is 226 g/mol. The van der Waals surface area contributed by atoms with Gasteiger partial charge in [0.15, 0.2) is 0 Å². The van der Waals surface area contributed by atoms with Gasteiger partial charge in [-0.15, -0.1) is 0 Å². The van der Waals surface area contributed by atoms with Crippen molar-refractivity contribution >= 4 is 17.4 Å². The zero-order chi connectivity index (χ0) is 10.7. The molecule has 2 rings (SSSR count). The van der Waals surface area contributed by atoms with Crippen molar-refractivity contribution in [3.8, 4) is 0 Å². The second-order valence-electron chi connectivity index (χ2n) is 3.89. The van der Waals surface area contributed by atoms with Crippen molar-refractivity contribution in [1.82, 2.24) is 9.97 Å². The summed E-state index contributed by atoms with van der Waals surface area (Å²) in [4.78, 5) is 8.85. The summed E-state index contributed by atoms with van der Waals surface area (Å²) in [6, 6.07) is 0. The molecule has 0 saturated carbocycles. The molecule has 0 saturated heterocycles. The molecule has 0 unspecified atom stereocenters. The van der Waals surface area contributed by atoms with E-state index in [1.807, 2.05) is 0 Å². The fourth-order valence-electron chi connectivity index (χ4n) is 1.84. The van der Waals surface area contributed by atoms with Crippen LogP contribution in [0.25, 0.3) is 0 Å². The predicted molar refractivity (Wildman–Crippen MR) is 62.5 cm³/mol. The van der Waals surface area contributed by atoms with Gasteiger partial charge in [-0.25, -0.2) is 9.97 Å². The highest BCUT2D eigenvalue weighted by Crippen LogP contribution is 2.25. The highest BCUT2D eigenvalue weighted by atomic mass is 35.5. The molecule has 0 amide bonds. The predicted octanol–water partition coefficient (Wildman–Crippen LogP) is 2.83. The second-order valence-corrected chi connectivity index (χ2v) is 4.25. The Hall–Kier alpha value is -0.830. The molecule has 15 heavy (non-hydrogen) atoms. The van der Waals surface area contributed by atoms with Gasteiger partial charge in [0.2, 0.25) is 0 Å². The van der Waals surface area contributed by atoms with Crippen LogP contribution in [0, 0.1) is 0 Å². The lowest BCUT2D eigenvalue weighted by Crippen LogP contribution is -2.06. The number of nitrogens with one attached hydrogen (secondary N) is 1. The monoisotopic (exact) mass is 225 g/mol. The van der Waals surface area contributed by atoms with E-state index in [1.54, 1.807) is 0 Å². The Morgan fingerprint density at radius 1 is 1.33 bits per heavy atom. The van der Waals surface area contributed by atoms with E-state index in [9.17, 15) is 0 Å². The van der Waals surface area contributed by atoms with Gasteiger partial charge in [-0.05, 0) is 25.7 Å². The third-order valence-electron chi connectivity index (χ3n) is 2.62. The Morgan fingerprint density at radius 3 is 3.00 bits per heavy atom. The zero-order valence-electron chi connectivity index (χ0n) is 9.02. The van der Waals surface area contributed by atoms with Gasteiger partial charge in [0.25, 0.3) is 0 Å². The summed E-state index contributed by atoms with van der Waals surface area (Å²) in [5, 5.41) is 3.97. The van der Waals surface area contributed by atoms with Crippen LogP contribution in [-0.4, -0.2) is 16.5 Å². The van der Waals surface area contributed by atoms with Crippen molar-refractivity contribution in [3.63, 3.8) is 0 Å². The largest absolute Gasteiger partial charge is 0.370 e. The molecule has 0 atom stereocenters. The summed E-state index contributed by atoms with van der Waals surface area (Å²) in [5.41, 5.74) is 1.09. The van der Waals surface area contributed by atoms with Gasteiger partial charge in [-0.1, -0.05) is 18.5 Å². The van der Waals surface area contributed by atoms with E-state index >= 15 is 0 Å². The molecule has 0 aliphatic carbocycles. The molecule has 0 aromatic carbocycles. The van der Waals surface area contributed by atoms with Crippen LogP contribution < -0.4 is 5.32 Å². The van der Waals surface area contributed by atoms with E-state index < -0.39 is 0 Å². The maximum atomic E-state index is 6.16. The Kier molecular flexibility index (Phi) is 3.41. The summed E-state index contributed by atoms with van der Waals surface area (Å²) in [5.74, 6) is 1.81. The lowest BCUT2D eigenvalue weighted by molar-refractivity contribution is 0.782. The zero-order valence-corrected chi connectivity index (χ0v) is 9.77. The highest BCUT2D eigenvalue weighted by Gasteiger charge is 2.14. The molecule has 3 nitrogen and oxygen atoms in total. The summed E-state index contributed by atoms with van der Waals surface area (Å²) in [6.45, 7) is 3.11. The van der Waals surface area contributed by atoms with E-state index in [-0.39, 0.29) is 0 Å². The lowest BCUT2D eigenvalue weighted by Gasteiger charge is -2.09. The lowest BCUT2D eigenvalue weighted by atomic mass is 10.1. The van der Waals surface area contributed by atoms with E-state index in [0.717, 1.165) is 49.4 Å². The standard InChI is InChI=1S/C11H16ClN3/c1-2-5-9-14-10(12)8-6-3-4-7-13-11(8)15-9/h2-7H2,1H3,(H,13,14,15). The van der Waals surface area contributed by atoms with E-state index in [0.29, 0.717) is 5.15 Å². The number of aryl methyl sites for hydroxylation is 1. The molecule has 1 N–H and O–H groups in total. The number of hydrogen-bond donors (Lipinski definition) is 1. The molecule has 2 heterocycles. The fourth-order valence-corrected chi connectivity index (χ4v) is 2.12. The van der Waals surface area contributed by atoms with Gasteiger partial charge in [0, 0.05) is 18.5 Å². The van der Waals surface area contributed by atoms with Crippen LogP contribution in [0.4, 0.5) is 5.82 Å². The summed E-state index contributed by atoms with van der Waals surface area (Å²) >= 11 is 6.16. The first kappa shape index (κ1) is 10.7. The van der Waals surface area contributed by atoms with Crippen LogP contribution in [0.2, 0.25) is 5.15 Å². The molecule has 0 fully saturated rings. The van der Waals surface area contributed by atoms with E-state index in [4.69, 9.17) is 11.6 Å². The Bertz CT molecular complexity index is 352. The van der Waals surface area contributed by atoms with Gasteiger partial charge < -0.3 is 5.32 Å². The van der Waals surface area contributed by atoms with Gasteiger partial charge in [0.1, 0.15) is 16.8 Å². The molecule has 4 heteroatoms. The first-order valence-corrected chi connectivity index (χ1v) is 5.98. The first-order valence-electron chi connectivity index (χ1n) is 5.60. The number of nitrogens with zero attached hydrogens (tertiary/aromatic N) is 2. The molecule has 1 aromatic heterocycles. The maximum absolute atomic E-state index is 6.16. The van der Waals surface area contributed by atoms with E-state index in [2.05, 4.69) is 22.2 Å². The molecule has 1 aliphatic rings. The van der Waals surface area contributed by atoms with Crippen LogP contribution in [0.3, 0.4) is 0 Å². The minimum Gasteiger partial charge on any atom is -0.370 e. The fraction of sp³-hybridized carbons (Fsp3) is 0.636. The highest BCUT2D eigenvalue weighted by molar-refractivity contribution is 6.30. The van der Waals surface area contributed by atoms with Crippen molar-refractivity contribution in [2.45, 2.75) is 39.0 Å². The summed E-state index contributed by atoms with van der Waals surface area (Å²) < 4.78 is 0.